The molecule has 1 saturated heterocycles. The van der Waals surface area contributed by atoms with Gasteiger partial charge in [-0.2, -0.15) is 0 Å². The van der Waals surface area contributed by atoms with Crippen molar-refractivity contribution < 1.29 is 23.1 Å². The summed E-state index contributed by atoms with van der Waals surface area (Å²) >= 11 is 0. The maximum atomic E-state index is 12.4. The van der Waals surface area contributed by atoms with Crippen LogP contribution >= 0.6 is 0 Å². The number of hydrogen-bond donors (Lipinski definition) is 1. The number of likely N-dealkylation sites (tertiary alicyclic amines) is 1. The SMILES string of the molecule is CCS(=O)(=O)N(C)C1CCN(C(=O)CCc2ccc(C(=O)O)cc2)CC1. The fourth-order valence-corrected chi connectivity index (χ4v) is 4.21. The van der Waals surface area contributed by atoms with Crippen molar-refractivity contribution in [3.63, 3.8) is 0 Å². The van der Waals surface area contributed by atoms with Crippen LogP contribution in [0.5, 0.6) is 0 Å². The van der Waals surface area contributed by atoms with Gasteiger partial charge in [0.2, 0.25) is 15.9 Å². The topological polar surface area (TPSA) is 95.0 Å². The number of carbonyl (C=O) groups is 2. The average molecular weight is 382 g/mol. The quantitative estimate of drug-likeness (QED) is 0.773. The van der Waals surface area contributed by atoms with Crippen LogP contribution in [0.25, 0.3) is 0 Å². The molecular weight excluding hydrogens is 356 g/mol. The third-order valence-corrected chi connectivity index (χ3v) is 6.87. The average Bonchev–Trinajstić information content (AvgIpc) is 2.65. The number of carboxylic acids is 1. The predicted octanol–water partition coefficient (Wildman–Crippen LogP) is 1.59. The Labute approximate surface area is 154 Å². The van der Waals surface area contributed by atoms with Gasteiger partial charge in [0, 0.05) is 32.6 Å². The molecule has 7 nitrogen and oxygen atoms in total. The Kier molecular flexibility index (Phi) is 6.77. The zero-order valence-electron chi connectivity index (χ0n) is 15.2. The first-order chi connectivity index (χ1) is 12.2. The minimum atomic E-state index is -3.20. The number of sulfonamides is 1. The van der Waals surface area contributed by atoms with Crippen LogP contribution in [-0.4, -0.2) is 66.5 Å². The fraction of sp³-hybridized carbons (Fsp3) is 0.556. The van der Waals surface area contributed by atoms with E-state index >= 15 is 0 Å². The fourth-order valence-electron chi connectivity index (χ4n) is 3.13. The lowest BCUT2D eigenvalue weighted by atomic mass is 10.0. The van der Waals surface area contributed by atoms with Crippen LogP contribution in [0.4, 0.5) is 0 Å². The van der Waals surface area contributed by atoms with E-state index in [4.69, 9.17) is 5.11 Å². The van der Waals surface area contributed by atoms with Gasteiger partial charge >= 0.3 is 5.97 Å². The number of amides is 1. The van der Waals surface area contributed by atoms with Gasteiger partial charge in [-0.25, -0.2) is 17.5 Å². The molecule has 144 valence electrons. The van der Waals surface area contributed by atoms with Crippen LogP contribution in [0.1, 0.15) is 42.1 Å². The Morgan fingerprint density at radius 3 is 2.27 bits per heavy atom. The third kappa shape index (κ3) is 5.04. The number of benzene rings is 1. The molecule has 1 heterocycles. The van der Waals surface area contributed by atoms with Crippen molar-refractivity contribution in [1.82, 2.24) is 9.21 Å². The number of rotatable bonds is 7. The molecule has 1 amide bonds. The van der Waals surface area contributed by atoms with E-state index < -0.39 is 16.0 Å². The normalized spacial score (nSPS) is 16.0. The minimum Gasteiger partial charge on any atom is -0.478 e. The second kappa shape index (κ2) is 8.64. The molecule has 1 aromatic rings. The van der Waals surface area contributed by atoms with Crippen LogP contribution in [-0.2, 0) is 21.2 Å². The van der Waals surface area contributed by atoms with Gasteiger partial charge in [0.25, 0.3) is 0 Å². The maximum Gasteiger partial charge on any atom is 0.335 e. The van der Waals surface area contributed by atoms with E-state index in [9.17, 15) is 18.0 Å². The second-order valence-electron chi connectivity index (χ2n) is 6.53. The molecule has 0 unspecified atom stereocenters. The van der Waals surface area contributed by atoms with Crippen LogP contribution in [0.3, 0.4) is 0 Å². The van der Waals surface area contributed by atoms with Crippen molar-refractivity contribution in [2.24, 2.45) is 0 Å². The first kappa shape index (κ1) is 20.4. The molecule has 0 aliphatic carbocycles. The number of carboxylic acid groups (broad SMARTS) is 1. The van der Waals surface area contributed by atoms with E-state index in [1.165, 1.54) is 16.4 Å². The highest BCUT2D eigenvalue weighted by atomic mass is 32.2. The van der Waals surface area contributed by atoms with E-state index in [2.05, 4.69) is 0 Å². The molecule has 0 radical (unpaired) electrons. The highest BCUT2D eigenvalue weighted by Crippen LogP contribution is 2.19. The zero-order chi connectivity index (χ0) is 19.3. The molecule has 0 spiro atoms. The first-order valence-electron chi connectivity index (χ1n) is 8.80. The maximum absolute atomic E-state index is 12.4. The van der Waals surface area contributed by atoms with Crippen molar-refractivity contribution in [1.29, 1.82) is 0 Å². The summed E-state index contributed by atoms with van der Waals surface area (Å²) in [5.41, 5.74) is 1.15. The van der Waals surface area contributed by atoms with Crippen molar-refractivity contribution in [3.05, 3.63) is 35.4 Å². The molecule has 1 aliphatic heterocycles. The summed E-state index contributed by atoms with van der Waals surface area (Å²) in [5.74, 6) is -0.833. The third-order valence-electron chi connectivity index (χ3n) is 4.96. The summed E-state index contributed by atoms with van der Waals surface area (Å²) in [4.78, 5) is 25.0. The van der Waals surface area contributed by atoms with Gasteiger partial charge in [-0.05, 0) is 43.9 Å². The van der Waals surface area contributed by atoms with Crippen LogP contribution in [0.15, 0.2) is 24.3 Å². The summed E-state index contributed by atoms with van der Waals surface area (Å²) in [6.07, 6.45) is 2.21. The molecule has 2 rings (SSSR count). The van der Waals surface area contributed by atoms with Crippen molar-refractivity contribution in [3.8, 4) is 0 Å². The lowest BCUT2D eigenvalue weighted by molar-refractivity contribution is -0.132. The number of aryl methyl sites for hydroxylation is 1. The Morgan fingerprint density at radius 1 is 1.19 bits per heavy atom. The Morgan fingerprint density at radius 2 is 1.77 bits per heavy atom. The molecule has 1 N–H and O–H groups in total. The van der Waals surface area contributed by atoms with Crippen molar-refractivity contribution in [2.75, 3.05) is 25.9 Å². The highest BCUT2D eigenvalue weighted by Gasteiger charge is 2.29. The number of carbonyl (C=O) groups excluding carboxylic acids is 1. The smallest absolute Gasteiger partial charge is 0.335 e. The van der Waals surface area contributed by atoms with Crippen molar-refractivity contribution in [2.45, 2.75) is 38.6 Å². The summed E-state index contributed by atoms with van der Waals surface area (Å²) in [6.45, 7) is 2.75. The van der Waals surface area contributed by atoms with Crippen LogP contribution in [0, 0.1) is 0 Å². The molecular formula is C18H26N2O5S. The summed E-state index contributed by atoms with van der Waals surface area (Å²) < 4.78 is 25.3. The van der Waals surface area contributed by atoms with Gasteiger partial charge in [0.1, 0.15) is 0 Å². The van der Waals surface area contributed by atoms with Gasteiger partial charge in [0.05, 0.1) is 11.3 Å². The number of nitrogens with zero attached hydrogens (tertiary/aromatic N) is 2. The highest BCUT2D eigenvalue weighted by molar-refractivity contribution is 7.89. The second-order valence-corrected chi connectivity index (χ2v) is 8.85. The minimum absolute atomic E-state index is 0.0479. The largest absolute Gasteiger partial charge is 0.478 e. The van der Waals surface area contributed by atoms with Gasteiger partial charge < -0.3 is 10.0 Å². The Hall–Kier alpha value is -1.93. The molecule has 26 heavy (non-hydrogen) atoms. The lowest BCUT2D eigenvalue weighted by Gasteiger charge is -2.36. The molecule has 0 atom stereocenters. The summed E-state index contributed by atoms with van der Waals surface area (Å²) in [5, 5.41) is 8.89. The first-order valence-corrected chi connectivity index (χ1v) is 10.4. The molecule has 1 aliphatic rings. The lowest BCUT2D eigenvalue weighted by Crippen LogP contribution is -2.47. The van der Waals surface area contributed by atoms with Crippen molar-refractivity contribution >= 4 is 21.9 Å². The Balaban J connectivity index is 1.82. The van der Waals surface area contributed by atoms with E-state index in [1.807, 2.05) is 0 Å². The standard InChI is InChI=1S/C18H26N2O5S/c1-3-26(24,25)19(2)16-10-12-20(13-11-16)17(21)9-6-14-4-7-15(8-5-14)18(22)23/h4-5,7-8,16H,3,6,9-13H2,1-2H3,(H,22,23). The van der Waals surface area contributed by atoms with Crippen LogP contribution in [0.2, 0.25) is 0 Å². The molecule has 1 fully saturated rings. The summed E-state index contributed by atoms with van der Waals surface area (Å²) in [6, 6.07) is 6.49. The molecule has 0 bridgehead atoms. The number of aromatic carboxylic acids is 1. The van der Waals surface area contributed by atoms with Crippen LogP contribution < -0.4 is 0 Å². The number of piperidine rings is 1. The summed E-state index contributed by atoms with van der Waals surface area (Å²) in [7, 11) is -1.59. The van der Waals surface area contributed by atoms with E-state index in [-0.39, 0.29) is 23.3 Å². The van der Waals surface area contributed by atoms with E-state index in [0.29, 0.717) is 38.8 Å². The van der Waals surface area contributed by atoms with E-state index in [0.717, 1.165) is 5.56 Å². The van der Waals surface area contributed by atoms with Gasteiger partial charge in [-0.3, -0.25) is 4.79 Å². The number of hydrogen-bond acceptors (Lipinski definition) is 4. The molecule has 0 aromatic heterocycles. The predicted molar refractivity (Wildman–Crippen MR) is 98.5 cm³/mol. The van der Waals surface area contributed by atoms with E-state index in [1.54, 1.807) is 31.0 Å². The van der Waals surface area contributed by atoms with Gasteiger partial charge in [0.15, 0.2) is 0 Å². The zero-order valence-corrected chi connectivity index (χ0v) is 16.0. The molecule has 0 saturated carbocycles. The van der Waals surface area contributed by atoms with Gasteiger partial charge in [-0.1, -0.05) is 12.1 Å². The van der Waals surface area contributed by atoms with Gasteiger partial charge in [-0.15, -0.1) is 0 Å². The Bertz CT molecular complexity index is 737. The monoisotopic (exact) mass is 382 g/mol. The molecule has 8 heteroatoms. The molecule has 1 aromatic carbocycles.